The number of amides is 2. The quantitative estimate of drug-likeness (QED) is 0.463. The summed E-state index contributed by atoms with van der Waals surface area (Å²) in [5, 5.41) is 3.71. The van der Waals surface area contributed by atoms with E-state index >= 15 is 0 Å². The van der Waals surface area contributed by atoms with Gasteiger partial charge in [0.1, 0.15) is 11.4 Å². The average molecular weight is 447 g/mol. The standard InChI is InChI=1S/C26H23ClN2O3/c1-3-14-32-21-11-7-10-20(16-21)29-25(30)23(18-8-5-4-6-9-18)24(26(29)31)28-19-13-12-17(2)22(27)15-19/h4-13,15-16,28H,3,14H2,1-2H3. The lowest BCUT2D eigenvalue weighted by Crippen LogP contribution is -2.32. The highest BCUT2D eigenvalue weighted by atomic mass is 35.5. The molecule has 1 heterocycles. The molecule has 4 rings (SSSR count). The van der Waals surface area contributed by atoms with Gasteiger partial charge in [0, 0.05) is 16.8 Å². The Hall–Kier alpha value is -3.57. The summed E-state index contributed by atoms with van der Waals surface area (Å²) in [4.78, 5) is 28.2. The molecule has 0 unspecified atom stereocenters. The first-order valence-corrected chi connectivity index (χ1v) is 10.8. The van der Waals surface area contributed by atoms with Crippen molar-refractivity contribution in [1.29, 1.82) is 0 Å². The molecular formula is C26H23ClN2O3. The zero-order valence-corrected chi connectivity index (χ0v) is 18.6. The van der Waals surface area contributed by atoms with Crippen LogP contribution >= 0.6 is 11.6 Å². The van der Waals surface area contributed by atoms with Crippen molar-refractivity contribution in [3.63, 3.8) is 0 Å². The largest absolute Gasteiger partial charge is 0.494 e. The highest BCUT2D eigenvalue weighted by Gasteiger charge is 2.40. The van der Waals surface area contributed by atoms with Crippen molar-refractivity contribution in [2.75, 3.05) is 16.8 Å². The van der Waals surface area contributed by atoms with E-state index in [1.165, 1.54) is 4.90 Å². The summed E-state index contributed by atoms with van der Waals surface area (Å²) < 4.78 is 5.69. The predicted molar refractivity (Wildman–Crippen MR) is 128 cm³/mol. The van der Waals surface area contributed by atoms with Gasteiger partial charge >= 0.3 is 0 Å². The molecule has 5 nitrogen and oxygen atoms in total. The number of carbonyl (C=O) groups excluding carboxylic acids is 2. The molecule has 0 fully saturated rings. The number of halogens is 1. The predicted octanol–water partition coefficient (Wildman–Crippen LogP) is 5.83. The van der Waals surface area contributed by atoms with E-state index in [1.54, 1.807) is 24.3 Å². The van der Waals surface area contributed by atoms with Crippen LogP contribution in [0.1, 0.15) is 24.5 Å². The van der Waals surface area contributed by atoms with Gasteiger partial charge in [-0.3, -0.25) is 9.59 Å². The first-order chi connectivity index (χ1) is 15.5. The van der Waals surface area contributed by atoms with Crippen molar-refractivity contribution in [3.8, 4) is 5.75 Å². The molecule has 3 aromatic rings. The van der Waals surface area contributed by atoms with Crippen molar-refractivity contribution >= 4 is 40.4 Å². The highest BCUT2D eigenvalue weighted by Crippen LogP contribution is 2.35. The molecule has 1 N–H and O–H groups in total. The van der Waals surface area contributed by atoms with Gasteiger partial charge in [-0.1, -0.05) is 61.0 Å². The molecule has 0 bridgehead atoms. The number of hydrogen-bond acceptors (Lipinski definition) is 4. The maximum atomic E-state index is 13.5. The molecular weight excluding hydrogens is 424 g/mol. The number of benzene rings is 3. The summed E-state index contributed by atoms with van der Waals surface area (Å²) in [6, 6.07) is 21.6. The third kappa shape index (κ3) is 4.25. The van der Waals surface area contributed by atoms with E-state index in [-0.39, 0.29) is 5.70 Å². The lowest BCUT2D eigenvalue weighted by atomic mass is 10.0. The summed E-state index contributed by atoms with van der Waals surface area (Å²) in [5.41, 5.74) is 3.20. The second-order valence-corrected chi connectivity index (χ2v) is 7.90. The fraction of sp³-hybridized carbons (Fsp3) is 0.154. The Morgan fingerprint density at radius 1 is 0.938 bits per heavy atom. The van der Waals surface area contributed by atoms with Crippen LogP contribution in [0.25, 0.3) is 5.57 Å². The minimum atomic E-state index is -0.432. The number of aryl methyl sites for hydroxylation is 1. The molecule has 32 heavy (non-hydrogen) atoms. The molecule has 0 saturated carbocycles. The van der Waals surface area contributed by atoms with Crippen LogP contribution in [0.2, 0.25) is 5.02 Å². The number of rotatable bonds is 7. The van der Waals surface area contributed by atoms with Crippen LogP contribution < -0.4 is 15.0 Å². The first-order valence-electron chi connectivity index (χ1n) is 10.4. The van der Waals surface area contributed by atoms with Gasteiger partial charge in [0.2, 0.25) is 0 Å². The summed E-state index contributed by atoms with van der Waals surface area (Å²) in [5.74, 6) is -0.217. The number of nitrogens with one attached hydrogen (secondary N) is 1. The summed E-state index contributed by atoms with van der Waals surface area (Å²) in [6.07, 6.45) is 0.860. The van der Waals surface area contributed by atoms with E-state index in [9.17, 15) is 9.59 Å². The minimum Gasteiger partial charge on any atom is -0.494 e. The van der Waals surface area contributed by atoms with E-state index in [1.807, 2.05) is 62.4 Å². The van der Waals surface area contributed by atoms with Crippen LogP contribution in [0.5, 0.6) is 5.75 Å². The van der Waals surface area contributed by atoms with Gasteiger partial charge in [-0.05, 0) is 48.7 Å². The molecule has 2 amide bonds. The van der Waals surface area contributed by atoms with Gasteiger partial charge in [0.15, 0.2) is 0 Å². The topological polar surface area (TPSA) is 58.6 Å². The second kappa shape index (κ2) is 9.28. The Labute approximate surface area is 192 Å². The molecule has 0 saturated heterocycles. The lowest BCUT2D eigenvalue weighted by molar-refractivity contribution is -0.120. The van der Waals surface area contributed by atoms with Crippen LogP contribution in [0.15, 0.2) is 78.5 Å². The minimum absolute atomic E-state index is 0.209. The van der Waals surface area contributed by atoms with E-state index in [4.69, 9.17) is 16.3 Å². The van der Waals surface area contributed by atoms with Gasteiger partial charge in [-0.2, -0.15) is 0 Å². The Bertz CT molecular complexity index is 1200. The zero-order chi connectivity index (χ0) is 22.7. The third-order valence-electron chi connectivity index (χ3n) is 5.14. The molecule has 1 aliphatic heterocycles. The molecule has 0 atom stereocenters. The smallest absolute Gasteiger partial charge is 0.282 e. The number of ether oxygens (including phenoxy) is 1. The Morgan fingerprint density at radius 3 is 2.44 bits per heavy atom. The number of carbonyl (C=O) groups is 2. The monoisotopic (exact) mass is 446 g/mol. The molecule has 0 aliphatic carbocycles. The third-order valence-corrected chi connectivity index (χ3v) is 5.54. The second-order valence-electron chi connectivity index (χ2n) is 7.50. The van der Waals surface area contributed by atoms with Crippen LogP contribution in [0, 0.1) is 6.92 Å². The molecule has 162 valence electrons. The van der Waals surface area contributed by atoms with Crippen molar-refractivity contribution < 1.29 is 14.3 Å². The van der Waals surface area contributed by atoms with Gasteiger partial charge in [-0.15, -0.1) is 0 Å². The van der Waals surface area contributed by atoms with Crippen LogP contribution in [0.4, 0.5) is 11.4 Å². The average Bonchev–Trinajstić information content (AvgIpc) is 3.05. The first kappa shape index (κ1) is 21.7. The normalized spacial score (nSPS) is 13.7. The number of imide groups is 1. The maximum absolute atomic E-state index is 13.5. The number of nitrogens with zero attached hydrogens (tertiary/aromatic N) is 1. The van der Waals surface area contributed by atoms with Crippen molar-refractivity contribution in [2.24, 2.45) is 0 Å². The highest BCUT2D eigenvalue weighted by molar-refractivity contribution is 6.46. The van der Waals surface area contributed by atoms with Gasteiger partial charge in [0.25, 0.3) is 11.8 Å². The van der Waals surface area contributed by atoms with E-state index < -0.39 is 11.8 Å². The Morgan fingerprint density at radius 2 is 1.72 bits per heavy atom. The van der Waals surface area contributed by atoms with E-state index in [2.05, 4.69) is 5.32 Å². The van der Waals surface area contributed by atoms with Crippen LogP contribution in [-0.2, 0) is 9.59 Å². The molecule has 0 aromatic heterocycles. The molecule has 3 aromatic carbocycles. The van der Waals surface area contributed by atoms with Crippen LogP contribution in [-0.4, -0.2) is 18.4 Å². The lowest BCUT2D eigenvalue weighted by Gasteiger charge is -2.17. The van der Waals surface area contributed by atoms with Crippen LogP contribution in [0.3, 0.4) is 0 Å². The SMILES string of the molecule is CCCOc1cccc(N2C(=O)C(Nc3ccc(C)c(Cl)c3)=C(c3ccccc3)C2=O)c1. The fourth-order valence-corrected chi connectivity index (χ4v) is 3.68. The summed E-state index contributed by atoms with van der Waals surface area (Å²) >= 11 is 6.27. The van der Waals surface area contributed by atoms with E-state index in [0.717, 1.165) is 12.0 Å². The molecule has 1 aliphatic rings. The van der Waals surface area contributed by atoms with Crippen molar-refractivity contribution in [2.45, 2.75) is 20.3 Å². The molecule has 0 spiro atoms. The van der Waals surface area contributed by atoms with E-state index in [0.29, 0.717) is 39.9 Å². The fourth-order valence-electron chi connectivity index (χ4n) is 3.50. The van der Waals surface area contributed by atoms with Gasteiger partial charge in [-0.25, -0.2) is 4.90 Å². The molecule has 6 heteroatoms. The van der Waals surface area contributed by atoms with Crippen molar-refractivity contribution in [3.05, 3.63) is 94.6 Å². The van der Waals surface area contributed by atoms with Crippen molar-refractivity contribution in [1.82, 2.24) is 0 Å². The zero-order valence-electron chi connectivity index (χ0n) is 17.9. The maximum Gasteiger partial charge on any atom is 0.282 e. The number of anilines is 2. The Balaban J connectivity index is 1.76. The Kier molecular flexibility index (Phi) is 6.28. The summed E-state index contributed by atoms with van der Waals surface area (Å²) in [7, 11) is 0. The van der Waals surface area contributed by atoms with Gasteiger partial charge in [0.05, 0.1) is 17.9 Å². The van der Waals surface area contributed by atoms with Gasteiger partial charge < -0.3 is 10.1 Å². The number of hydrogen-bond donors (Lipinski definition) is 1. The summed E-state index contributed by atoms with van der Waals surface area (Å²) in [6.45, 7) is 4.48. The molecule has 0 radical (unpaired) electrons.